The smallest absolute Gasteiger partial charge is 0.251 e. The summed E-state index contributed by atoms with van der Waals surface area (Å²) >= 11 is 0. The van der Waals surface area contributed by atoms with Crippen LogP contribution in [0.2, 0.25) is 0 Å². The van der Waals surface area contributed by atoms with Gasteiger partial charge >= 0.3 is 0 Å². The molecule has 1 aromatic rings. The maximum Gasteiger partial charge on any atom is 0.251 e. The fraction of sp³-hybridized carbons (Fsp3) is 0.500. The van der Waals surface area contributed by atoms with Gasteiger partial charge in [-0.05, 0) is 31.2 Å². The van der Waals surface area contributed by atoms with E-state index < -0.39 is 6.10 Å². The molecule has 0 aliphatic carbocycles. The SMILES string of the molecule is COc1ccc(OCCN(C)C(=O)C(C)OC)cc1. The summed E-state index contributed by atoms with van der Waals surface area (Å²) in [7, 11) is 4.87. The average molecular weight is 267 g/mol. The van der Waals surface area contributed by atoms with Gasteiger partial charge in [0.05, 0.1) is 13.7 Å². The number of amides is 1. The fourth-order valence-corrected chi connectivity index (χ4v) is 1.49. The zero-order valence-corrected chi connectivity index (χ0v) is 11.9. The van der Waals surface area contributed by atoms with Crippen molar-refractivity contribution in [1.82, 2.24) is 4.90 Å². The molecule has 0 fully saturated rings. The van der Waals surface area contributed by atoms with Gasteiger partial charge in [-0.2, -0.15) is 0 Å². The van der Waals surface area contributed by atoms with E-state index in [0.717, 1.165) is 11.5 Å². The molecular formula is C14H21NO4. The number of hydrogen-bond donors (Lipinski definition) is 0. The molecule has 0 saturated heterocycles. The average Bonchev–Trinajstić information content (AvgIpc) is 2.46. The van der Waals surface area contributed by atoms with Crippen molar-refractivity contribution in [2.24, 2.45) is 0 Å². The van der Waals surface area contributed by atoms with Gasteiger partial charge in [-0.3, -0.25) is 4.79 Å². The Bertz CT molecular complexity index is 391. The lowest BCUT2D eigenvalue weighted by atomic mass is 10.3. The Hall–Kier alpha value is -1.75. The number of hydrogen-bond acceptors (Lipinski definition) is 4. The van der Waals surface area contributed by atoms with Gasteiger partial charge < -0.3 is 19.1 Å². The van der Waals surface area contributed by atoms with Crippen LogP contribution in [0.4, 0.5) is 0 Å². The Balaban J connectivity index is 2.35. The van der Waals surface area contributed by atoms with Crippen LogP contribution in [0.5, 0.6) is 11.5 Å². The van der Waals surface area contributed by atoms with Crippen LogP contribution in [0.15, 0.2) is 24.3 Å². The molecule has 1 aromatic carbocycles. The Morgan fingerprint density at radius 2 is 1.79 bits per heavy atom. The quantitative estimate of drug-likeness (QED) is 0.752. The predicted molar refractivity (Wildman–Crippen MR) is 72.6 cm³/mol. The first-order valence-electron chi connectivity index (χ1n) is 6.13. The minimum Gasteiger partial charge on any atom is -0.497 e. The summed E-state index contributed by atoms with van der Waals surface area (Å²) in [6, 6.07) is 7.32. The Labute approximate surface area is 114 Å². The molecule has 106 valence electrons. The third-order valence-electron chi connectivity index (χ3n) is 2.83. The van der Waals surface area contributed by atoms with Gasteiger partial charge in [-0.25, -0.2) is 0 Å². The number of rotatable bonds is 7. The number of nitrogens with zero attached hydrogens (tertiary/aromatic N) is 1. The number of likely N-dealkylation sites (N-methyl/N-ethyl adjacent to an activating group) is 1. The molecule has 0 aliphatic heterocycles. The van der Waals surface area contributed by atoms with E-state index in [1.807, 2.05) is 24.3 Å². The molecular weight excluding hydrogens is 246 g/mol. The topological polar surface area (TPSA) is 48.0 Å². The van der Waals surface area contributed by atoms with Crippen LogP contribution >= 0.6 is 0 Å². The maximum absolute atomic E-state index is 11.7. The van der Waals surface area contributed by atoms with Crippen LogP contribution in [-0.4, -0.2) is 51.3 Å². The summed E-state index contributed by atoms with van der Waals surface area (Å²) in [5, 5.41) is 0. The summed E-state index contributed by atoms with van der Waals surface area (Å²) in [6.45, 7) is 2.67. The van der Waals surface area contributed by atoms with Crippen LogP contribution < -0.4 is 9.47 Å². The van der Waals surface area contributed by atoms with Gasteiger partial charge in [0.15, 0.2) is 0 Å². The van der Waals surface area contributed by atoms with Crippen LogP contribution in [0.3, 0.4) is 0 Å². The van der Waals surface area contributed by atoms with Crippen LogP contribution in [-0.2, 0) is 9.53 Å². The second-order valence-electron chi connectivity index (χ2n) is 4.16. The third-order valence-corrected chi connectivity index (χ3v) is 2.83. The Morgan fingerprint density at radius 3 is 2.32 bits per heavy atom. The molecule has 5 nitrogen and oxygen atoms in total. The molecule has 0 N–H and O–H groups in total. The van der Waals surface area contributed by atoms with Crippen molar-refractivity contribution in [1.29, 1.82) is 0 Å². The zero-order valence-electron chi connectivity index (χ0n) is 11.9. The van der Waals surface area contributed by atoms with Crippen LogP contribution in [0, 0.1) is 0 Å². The summed E-state index contributed by atoms with van der Waals surface area (Å²) in [5.41, 5.74) is 0. The van der Waals surface area contributed by atoms with Crippen molar-refractivity contribution < 1.29 is 19.0 Å². The van der Waals surface area contributed by atoms with Crippen LogP contribution in [0.1, 0.15) is 6.92 Å². The first kappa shape index (κ1) is 15.3. The number of methoxy groups -OCH3 is 2. The molecule has 19 heavy (non-hydrogen) atoms. The van der Waals surface area contributed by atoms with Crippen molar-refractivity contribution in [3.05, 3.63) is 24.3 Å². The first-order valence-corrected chi connectivity index (χ1v) is 6.13. The van der Waals surface area contributed by atoms with E-state index in [4.69, 9.17) is 14.2 Å². The Kier molecular flexibility index (Phi) is 6.15. The summed E-state index contributed by atoms with van der Waals surface area (Å²) in [4.78, 5) is 13.3. The van der Waals surface area contributed by atoms with Gasteiger partial charge in [-0.15, -0.1) is 0 Å². The molecule has 0 aromatic heterocycles. The molecule has 1 rings (SSSR count). The van der Waals surface area contributed by atoms with E-state index in [2.05, 4.69) is 0 Å². The standard InChI is InChI=1S/C14H21NO4/c1-11(17-3)14(16)15(2)9-10-19-13-7-5-12(18-4)6-8-13/h5-8,11H,9-10H2,1-4H3. The maximum atomic E-state index is 11.7. The lowest BCUT2D eigenvalue weighted by molar-refractivity contribution is -0.139. The third kappa shape index (κ3) is 4.79. The lowest BCUT2D eigenvalue weighted by Gasteiger charge is -2.20. The van der Waals surface area contributed by atoms with E-state index >= 15 is 0 Å². The van der Waals surface area contributed by atoms with Crippen LogP contribution in [0.25, 0.3) is 0 Å². The molecule has 1 unspecified atom stereocenters. The van der Waals surface area contributed by atoms with Crippen molar-refractivity contribution in [2.45, 2.75) is 13.0 Å². The molecule has 1 amide bonds. The minimum absolute atomic E-state index is 0.0548. The Morgan fingerprint density at radius 1 is 1.21 bits per heavy atom. The highest BCUT2D eigenvalue weighted by atomic mass is 16.5. The summed E-state index contributed by atoms with van der Waals surface area (Å²) in [5.74, 6) is 1.48. The number of ether oxygens (including phenoxy) is 3. The summed E-state index contributed by atoms with van der Waals surface area (Å²) < 4.78 is 15.6. The fourth-order valence-electron chi connectivity index (χ4n) is 1.49. The largest absolute Gasteiger partial charge is 0.497 e. The molecule has 0 radical (unpaired) electrons. The molecule has 0 heterocycles. The van der Waals surface area contributed by atoms with Crippen molar-refractivity contribution in [2.75, 3.05) is 34.4 Å². The molecule has 0 bridgehead atoms. The highest BCUT2D eigenvalue weighted by Crippen LogP contribution is 2.16. The van der Waals surface area contributed by atoms with E-state index in [1.54, 1.807) is 26.0 Å². The van der Waals surface area contributed by atoms with Gasteiger partial charge in [0.2, 0.25) is 0 Å². The van der Waals surface area contributed by atoms with Gasteiger partial charge in [0, 0.05) is 14.2 Å². The minimum atomic E-state index is -0.425. The predicted octanol–water partition coefficient (Wildman–Crippen LogP) is 1.57. The first-order chi connectivity index (χ1) is 9.08. The number of carbonyl (C=O) groups excluding carboxylic acids is 1. The monoisotopic (exact) mass is 267 g/mol. The number of benzene rings is 1. The lowest BCUT2D eigenvalue weighted by Crippen LogP contribution is -2.38. The second kappa shape index (κ2) is 7.63. The number of carbonyl (C=O) groups is 1. The zero-order chi connectivity index (χ0) is 14.3. The van der Waals surface area contributed by atoms with E-state index in [9.17, 15) is 4.79 Å². The van der Waals surface area contributed by atoms with Crippen molar-refractivity contribution in [3.8, 4) is 11.5 Å². The van der Waals surface area contributed by atoms with Crippen molar-refractivity contribution >= 4 is 5.91 Å². The molecule has 0 spiro atoms. The van der Waals surface area contributed by atoms with E-state index in [-0.39, 0.29) is 5.91 Å². The highest BCUT2D eigenvalue weighted by Gasteiger charge is 2.16. The van der Waals surface area contributed by atoms with Gasteiger partial charge in [0.1, 0.15) is 24.2 Å². The van der Waals surface area contributed by atoms with Crippen molar-refractivity contribution in [3.63, 3.8) is 0 Å². The normalized spacial score (nSPS) is 11.8. The molecule has 0 aliphatic rings. The molecule has 5 heteroatoms. The summed E-state index contributed by atoms with van der Waals surface area (Å²) in [6.07, 6.45) is -0.425. The molecule has 0 saturated carbocycles. The molecule has 1 atom stereocenters. The highest BCUT2D eigenvalue weighted by molar-refractivity contribution is 5.80. The van der Waals surface area contributed by atoms with Gasteiger partial charge in [0.25, 0.3) is 5.91 Å². The van der Waals surface area contributed by atoms with E-state index in [0.29, 0.717) is 13.2 Å². The second-order valence-corrected chi connectivity index (χ2v) is 4.16. The van der Waals surface area contributed by atoms with E-state index in [1.165, 1.54) is 7.11 Å². The van der Waals surface area contributed by atoms with Gasteiger partial charge in [-0.1, -0.05) is 0 Å².